The molecule has 1 aliphatic rings. The quantitative estimate of drug-likeness (QED) is 0.892. The van der Waals surface area contributed by atoms with Crippen LogP contribution in [0, 0.1) is 6.92 Å². The average molecular weight is 322 g/mol. The van der Waals surface area contributed by atoms with Crippen LogP contribution < -0.4 is 5.32 Å². The Morgan fingerprint density at radius 3 is 3.05 bits per heavy atom. The molecule has 0 bridgehead atoms. The van der Waals surface area contributed by atoms with Gasteiger partial charge in [0.25, 0.3) is 0 Å². The van der Waals surface area contributed by atoms with Crippen LogP contribution in [0.15, 0.2) is 4.52 Å². The van der Waals surface area contributed by atoms with Crippen molar-refractivity contribution in [3.63, 3.8) is 0 Å². The summed E-state index contributed by atoms with van der Waals surface area (Å²) in [6, 6.07) is 0.0472. The van der Waals surface area contributed by atoms with Crippen LogP contribution in [0.4, 0.5) is 5.13 Å². The number of anilines is 1. The van der Waals surface area contributed by atoms with Crippen LogP contribution in [0.2, 0.25) is 0 Å². The standard InChI is InChI=1S/C13H18N6O2S/c1-3-11-15-12(18-21-11)9-5-4-6-19(9)7-10(20)14-13-17-16-8(2)22-13/h9H,3-7H2,1-2H3,(H,14,17,20)/t9-/m1/s1. The van der Waals surface area contributed by atoms with Gasteiger partial charge in [-0.05, 0) is 26.3 Å². The normalized spacial score (nSPS) is 18.7. The third-order valence-electron chi connectivity index (χ3n) is 3.57. The minimum absolute atomic E-state index is 0.0472. The molecule has 8 nitrogen and oxygen atoms in total. The first kappa shape index (κ1) is 15.0. The lowest BCUT2D eigenvalue weighted by Crippen LogP contribution is -2.33. The van der Waals surface area contributed by atoms with Gasteiger partial charge in [0, 0.05) is 6.42 Å². The molecule has 0 saturated carbocycles. The van der Waals surface area contributed by atoms with Crippen molar-refractivity contribution in [2.24, 2.45) is 0 Å². The fourth-order valence-corrected chi connectivity index (χ4v) is 3.15. The van der Waals surface area contributed by atoms with Crippen LogP contribution in [0.5, 0.6) is 0 Å². The molecule has 1 aliphatic heterocycles. The largest absolute Gasteiger partial charge is 0.339 e. The molecule has 0 spiro atoms. The number of hydrogen-bond acceptors (Lipinski definition) is 8. The maximum absolute atomic E-state index is 12.1. The molecule has 1 amide bonds. The molecule has 22 heavy (non-hydrogen) atoms. The number of carbonyl (C=O) groups is 1. The van der Waals surface area contributed by atoms with Crippen molar-refractivity contribution >= 4 is 22.4 Å². The van der Waals surface area contributed by atoms with Crippen molar-refractivity contribution in [2.75, 3.05) is 18.4 Å². The topological polar surface area (TPSA) is 97.0 Å². The lowest BCUT2D eigenvalue weighted by atomic mass is 10.2. The predicted molar refractivity (Wildman–Crippen MR) is 80.5 cm³/mol. The fraction of sp³-hybridized carbons (Fsp3) is 0.615. The third kappa shape index (κ3) is 3.30. The molecular weight excluding hydrogens is 304 g/mol. The molecule has 0 radical (unpaired) electrons. The SMILES string of the molecule is CCc1nc([C@H]2CCCN2CC(=O)Nc2nnc(C)s2)no1. The Labute approximate surface area is 131 Å². The van der Waals surface area contributed by atoms with Gasteiger partial charge in [0.2, 0.25) is 16.9 Å². The van der Waals surface area contributed by atoms with Gasteiger partial charge >= 0.3 is 0 Å². The lowest BCUT2D eigenvalue weighted by molar-refractivity contribution is -0.117. The Kier molecular flexibility index (Phi) is 4.44. The number of rotatable bonds is 5. The second-order valence-corrected chi connectivity index (χ2v) is 6.38. The zero-order valence-electron chi connectivity index (χ0n) is 12.6. The van der Waals surface area contributed by atoms with Crippen LogP contribution in [-0.2, 0) is 11.2 Å². The van der Waals surface area contributed by atoms with E-state index in [-0.39, 0.29) is 11.9 Å². The molecule has 0 aliphatic carbocycles. The van der Waals surface area contributed by atoms with E-state index in [1.165, 1.54) is 11.3 Å². The number of nitrogens with zero attached hydrogens (tertiary/aromatic N) is 5. The smallest absolute Gasteiger partial charge is 0.240 e. The zero-order chi connectivity index (χ0) is 15.5. The lowest BCUT2D eigenvalue weighted by Gasteiger charge is -2.20. The number of amides is 1. The molecule has 0 unspecified atom stereocenters. The van der Waals surface area contributed by atoms with Crippen LogP contribution >= 0.6 is 11.3 Å². The average Bonchev–Trinajstić information content (AvgIpc) is 3.19. The molecule has 9 heteroatoms. The molecule has 118 valence electrons. The van der Waals surface area contributed by atoms with E-state index >= 15 is 0 Å². The molecule has 1 atom stereocenters. The minimum atomic E-state index is -0.0951. The summed E-state index contributed by atoms with van der Waals surface area (Å²) in [6.45, 7) is 4.97. The Bertz CT molecular complexity index is 655. The van der Waals surface area contributed by atoms with Gasteiger partial charge in [0.05, 0.1) is 12.6 Å². The summed E-state index contributed by atoms with van der Waals surface area (Å²) in [7, 11) is 0. The highest BCUT2D eigenvalue weighted by molar-refractivity contribution is 7.15. The highest BCUT2D eigenvalue weighted by Crippen LogP contribution is 2.29. The molecule has 2 aromatic heterocycles. The van der Waals surface area contributed by atoms with E-state index in [0.29, 0.717) is 23.4 Å². The van der Waals surface area contributed by atoms with Gasteiger partial charge in [0.15, 0.2) is 5.82 Å². The maximum Gasteiger partial charge on any atom is 0.240 e. The van der Waals surface area contributed by atoms with E-state index in [4.69, 9.17) is 4.52 Å². The predicted octanol–water partition coefficient (Wildman–Crippen LogP) is 1.57. The molecule has 3 rings (SSSR count). The Hall–Kier alpha value is -1.87. The van der Waals surface area contributed by atoms with Crippen molar-refractivity contribution < 1.29 is 9.32 Å². The monoisotopic (exact) mass is 322 g/mol. The van der Waals surface area contributed by atoms with E-state index in [2.05, 4.69) is 30.6 Å². The first-order valence-corrected chi connectivity index (χ1v) is 8.14. The number of nitrogens with one attached hydrogen (secondary N) is 1. The number of likely N-dealkylation sites (tertiary alicyclic amines) is 1. The molecule has 1 N–H and O–H groups in total. The molecule has 2 aromatic rings. The number of carbonyl (C=O) groups excluding carboxylic acids is 1. The van der Waals surface area contributed by atoms with Crippen molar-refractivity contribution in [3.8, 4) is 0 Å². The molecule has 1 saturated heterocycles. The van der Waals surface area contributed by atoms with Crippen molar-refractivity contribution in [2.45, 2.75) is 39.2 Å². The highest BCUT2D eigenvalue weighted by atomic mass is 32.1. The summed E-state index contributed by atoms with van der Waals surface area (Å²) in [6.07, 6.45) is 2.68. The molecule has 3 heterocycles. The zero-order valence-corrected chi connectivity index (χ0v) is 13.4. The third-order valence-corrected chi connectivity index (χ3v) is 4.32. The molecular formula is C13H18N6O2S. The van der Waals surface area contributed by atoms with Crippen molar-refractivity contribution in [1.29, 1.82) is 0 Å². The summed E-state index contributed by atoms with van der Waals surface area (Å²) in [5, 5.41) is 16.0. The second kappa shape index (κ2) is 6.49. The minimum Gasteiger partial charge on any atom is -0.339 e. The van der Waals surface area contributed by atoms with E-state index in [1.54, 1.807) is 0 Å². The summed E-state index contributed by atoms with van der Waals surface area (Å²) in [4.78, 5) is 18.6. The van der Waals surface area contributed by atoms with E-state index in [0.717, 1.165) is 30.8 Å². The van der Waals surface area contributed by atoms with Gasteiger partial charge in [-0.25, -0.2) is 0 Å². The van der Waals surface area contributed by atoms with Gasteiger partial charge in [-0.15, -0.1) is 10.2 Å². The van der Waals surface area contributed by atoms with Crippen LogP contribution in [0.25, 0.3) is 0 Å². The summed E-state index contributed by atoms with van der Waals surface area (Å²) < 4.78 is 5.17. The number of aromatic nitrogens is 4. The van der Waals surface area contributed by atoms with Gasteiger partial charge in [-0.3, -0.25) is 15.0 Å². The van der Waals surface area contributed by atoms with E-state index in [1.807, 2.05) is 13.8 Å². The number of hydrogen-bond donors (Lipinski definition) is 1. The fourth-order valence-electron chi connectivity index (χ4n) is 2.55. The van der Waals surface area contributed by atoms with E-state index < -0.39 is 0 Å². The Morgan fingerprint density at radius 1 is 1.50 bits per heavy atom. The van der Waals surface area contributed by atoms with Crippen LogP contribution in [0.1, 0.15) is 42.5 Å². The van der Waals surface area contributed by atoms with Crippen LogP contribution in [-0.4, -0.2) is 44.2 Å². The van der Waals surface area contributed by atoms with E-state index in [9.17, 15) is 4.79 Å². The summed E-state index contributed by atoms with van der Waals surface area (Å²) in [5.74, 6) is 1.21. The number of aryl methyl sites for hydroxylation is 2. The first-order chi connectivity index (χ1) is 10.7. The van der Waals surface area contributed by atoms with Crippen LogP contribution in [0.3, 0.4) is 0 Å². The summed E-state index contributed by atoms with van der Waals surface area (Å²) in [5.41, 5.74) is 0. The Morgan fingerprint density at radius 2 is 2.36 bits per heavy atom. The molecule has 1 fully saturated rings. The van der Waals surface area contributed by atoms with Gasteiger partial charge in [-0.2, -0.15) is 4.98 Å². The highest BCUT2D eigenvalue weighted by Gasteiger charge is 2.31. The second-order valence-electron chi connectivity index (χ2n) is 5.20. The molecule has 0 aromatic carbocycles. The van der Waals surface area contributed by atoms with Crippen molar-refractivity contribution in [3.05, 3.63) is 16.7 Å². The first-order valence-electron chi connectivity index (χ1n) is 7.32. The van der Waals surface area contributed by atoms with Gasteiger partial charge in [0.1, 0.15) is 5.01 Å². The van der Waals surface area contributed by atoms with Crippen molar-refractivity contribution in [1.82, 2.24) is 25.2 Å². The van der Waals surface area contributed by atoms with Gasteiger partial charge in [-0.1, -0.05) is 23.4 Å². The Balaban J connectivity index is 1.62. The summed E-state index contributed by atoms with van der Waals surface area (Å²) >= 11 is 1.37. The van der Waals surface area contributed by atoms with Gasteiger partial charge < -0.3 is 4.52 Å². The maximum atomic E-state index is 12.1.